The van der Waals surface area contributed by atoms with E-state index in [4.69, 9.17) is 13.9 Å². The maximum Gasteiger partial charge on any atom is 0.331 e. The average Bonchev–Trinajstić information content (AvgIpc) is 2.71. The van der Waals surface area contributed by atoms with E-state index in [-0.39, 0.29) is 17.5 Å². The first-order valence-corrected chi connectivity index (χ1v) is 8.73. The Balaban J connectivity index is 1.64. The third-order valence-corrected chi connectivity index (χ3v) is 4.94. The molecule has 1 fully saturated rings. The third-order valence-electron chi connectivity index (χ3n) is 4.94. The number of ether oxygens (including phenoxy) is 1. The van der Waals surface area contributed by atoms with Crippen LogP contribution in [0.3, 0.4) is 0 Å². The lowest BCUT2D eigenvalue weighted by atomic mass is 9.78. The number of esters is 1. The molecule has 3 atom stereocenters. The molecular formula is C20H26O4. The number of hydrogen-bond donors (Lipinski definition) is 0. The molecule has 130 valence electrons. The van der Waals surface area contributed by atoms with Crippen molar-refractivity contribution in [1.29, 1.82) is 0 Å². The molecule has 1 aliphatic rings. The van der Waals surface area contributed by atoms with Crippen LogP contribution in [0.2, 0.25) is 0 Å². The highest BCUT2D eigenvalue weighted by Crippen LogP contribution is 2.47. The Bertz CT molecular complexity index is 736. The van der Waals surface area contributed by atoms with Crippen LogP contribution in [-0.2, 0) is 9.53 Å². The minimum absolute atomic E-state index is 0.000559. The van der Waals surface area contributed by atoms with Gasteiger partial charge in [0.2, 0.25) is 11.2 Å². The van der Waals surface area contributed by atoms with Crippen LogP contribution in [0.1, 0.15) is 52.5 Å². The summed E-state index contributed by atoms with van der Waals surface area (Å²) in [5.41, 5.74) is 2.38. The predicted octanol–water partition coefficient (Wildman–Crippen LogP) is 5.43. The summed E-state index contributed by atoms with van der Waals surface area (Å²) in [5, 5.41) is 0. The van der Waals surface area contributed by atoms with Crippen molar-refractivity contribution < 1.29 is 18.7 Å². The highest BCUT2D eigenvalue weighted by Gasteiger charge is 2.44. The highest BCUT2D eigenvalue weighted by molar-refractivity contribution is 5.88. The number of fused-ring (bicyclic) bond motifs is 1. The lowest BCUT2D eigenvalue weighted by Gasteiger charge is -2.32. The normalized spacial score (nSPS) is 27.5. The van der Waals surface area contributed by atoms with E-state index in [9.17, 15) is 4.79 Å². The molecule has 1 saturated carbocycles. The highest BCUT2D eigenvalue weighted by atomic mass is 17.0. The van der Waals surface area contributed by atoms with Gasteiger partial charge in [0.1, 0.15) is 6.10 Å². The summed E-state index contributed by atoms with van der Waals surface area (Å²) in [6, 6.07) is 5.54. The second-order valence-corrected chi connectivity index (χ2v) is 7.93. The Morgan fingerprint density at radius 3 is 2.75 bits per heavy atom. The van der Waals surface area contributed by atoms with Gasteiger partial charge in [-0.1, -0.05) is 33.8 Å². The third kappa shape index (κ3) is 3.58. The molecule has 1 aromatic heterocycles. The Kier molecular flexibility index (Phi) is 4.57. The van der Waals surface area contributed by atoms with Crippen molar-refractivity contribution in [2.45, 2.75) is 53.1 Å². The van der Waals surface area contributed by atoms with E-state index in [2.05, 4.69) is 27.7 Å². The summed E-state index contributed by atoms with van der Waals surface area (Å²) in [4.78, 5) is 12.3. The fraction of sp³-hybridized carbons (Fsp3) is 0.550. The van der Waals surface area contributed by atoms with Crippen molar-refractivity contribution in [2.24, 2.45) is 17.3 Å². The maximum absolute atomic E-state index is 12.3. The molecule has 3 rings (SSSR count). The number of rotatable bonds is 5. The van der Waals surface area contributed by atoms with Gasteiger partial charge in [0.05, 0.1) is 0 Å². The van der Waals surface area contributed by atoms with Crippen molar-refractivity contribution in [3.63, 3.8) is 0 Å². The van der Waals surface area contributed by atoms with Crippen molar-refractivity contribution >= 4 is 23.2 Å². The molecule has 0 aliphatic heterocycles. The molecule has 24 heavy (non-hydrogen) atoms. The van der Waals surface area contributed by atoms with Gasteiger partial charge < -0.3 is 4.74 Å². The molecule has 0 radical (unpaired) electrons. The average molecular weight is 330 g/mol. The largest absolute Gasteiger partial charge is 0.459 e. The van der Waals surface area contributed by atoms with Crippen LogP contribution in [0.4, 0.5) is 0 Å². The van der Waals surface area contributed by atoms with Crippen LogP contribution in [0.15, 0.2) is 33.4 Å². The summed E-state index contributed by atoms with van der Waals surface area (Å²) in [7, 11) is 0. The summed E-state index contributed by atoms with van der Waals surface area (Å²) in [5.74, 6) is 0.923. The quantitative estimate of drug-likeness (QED) is 0.416. The molecule has 4 heteroatoms. The van der Waals surface area contributed by atoms with E-state index in [0.717, 1.165) is 30.4 Å². The predicted molar refractivity (Wildman–Crippen MR) is 93.4 cm³/mol. The van der Waals surface area contributed by atoms with Gasteiger partial charge in [-0.2, -0.15) is 0 Å². The van der Waals surface area contributed by atoms with Gasteiger partial charge in [0.25, 0.3) is 0 Å². The van der Waals surface area contributed by atoms with Crippen molar-refractivity contribution in [3.8, 4) is 0 Å². The van der Waals surface area contributed by atoms with Gasteiger partial charge in [-0.3, -0.25) is 9.15 Å². The SMILES string of the molecule is CC(C)CC1(C)CC(C)CC1OC(=O)/C=C/c1ccc2ooc2c1. The topological polar surface area (TPSA) is 52.6 Å². The van der Waals surface area contributed by atoms with Crippen LogP contribution < -0.4 is 0 Å². The summed E-state index contributed by atoms with van der Waals surface area (Å²) in [6.45, 7) is 8.95. The van der Waals surface area contributed by atoms with Crippen LogP contribution >= 0.6 is 0 Å². The molecule has 3 unspecified atom stereocenters. The van der Waals surface area contributed by atoms with Crippen molar-refractivity contribution in [2.75, 3.05) is 0 Å². The number of carbonyl (C=O) groups excluding carboxylic acids is 1. The zero-order chi connectivity index (χ0) is 17.3. The number of benzene rings is 1. The second kappa shape index (κ2) is 6.50. The fourth-order valence-electron chi connectivity index (χ4n) is 4.16. The first-order chi connectivity index (χ1) is 11.4. The van der Waals surface area contributed by atoms with E-state index < -0.39 is 0 Å². The number of carbonyl (C=O) groups is 1. The molecule has 1 aliphatic carbocycles. The van der Waals surface area contributed by atoms with Crippen LogP contribution in [0.5, 0.6) is 0 Å². The van der Waals surface area contributed by atoms with Crippen LogP contribution in [-0.4, -0.2) is 12.1 Å². The lowest BCUT2D eigenvalue weighted by molar-refractivity contribution is -0.148. The summed E-state index contributed by atoms with van der Waals surface area (Å²) in [6.07, 6.45) is 6.41. The Hall–Kier alpha value is -1.97. The van der Waals surface area contributed by atoms with E-state index in [1.807, 2.05) is 18.2 Å². The number of hydrogen-bond acceptors (Lipinski definition) is 4. The van der Waals surface area contributed by atoms with Gasteiger partial charge in [-0.05, 0) is 54.9 Å². The smallest absolute Gasteiger partial charge is 0.331 e. The van der Waals surface area contributed by atoms with Crippen molar-refractivity contribution in [1.82, 2.24) is 0 Å². The maximum atomic E-state index is 12.3. The lowest BCUT2D eigenvalue weighted by Crippen LogP contribution is -2.32. The van der Waals surface area contributed by atoms with Gasteiger partial charge in [-0.25, -0.2) is 4.79 Å². The molecule has 0 spiro atoms. The zero-order valence-electron chi connectivity index (χ0n) is 14.9. The first-order valence-electron chi connectivity index (χ1n) is 8.73. The van der Waals surface area contributed by atoms with Crippen LogP contribution in [0, 0.1) is 17.3 Å². The minimum atomic E-state index is -0.274. The van der Waals surface area contributed by atoms with Crippen LogP contribution in [0.25, 0.3) is 17.2 Å². The first kappa shape index (κ1) is 16.9. The molecule has 0 saturated heterocycles. The summed E-state index contributed by atoms with van der Waals surface area (Å²) < 4.78 is 15.5. The monoisotopic (exact) mass is 330 g/mol. The molecule has 1 heterocycles. The molecule has 1 aromatic carbocycles. The molecule has 0 bridgehead atoms. The van der Waals surface area contributed by atoms with E-state index in [0.29, 0.717) is 17.4 Å². The Morgan fingerprint density at radius 2 is 2.12 bits per heavy atom. The van der Waals surface area contributed by atoms with E-state index >= 15 is 0 Å². The fourth-order valence-corrected chi connectivity index (χ4v) is 4.16. The molecule has 2 aromatic rings. The van der Waals surface area contributed by atoms with Crippen molar-refractivity contribution in [3.05, 3.63) is 29.8 Å². The second-order valence-electron chi connectivity index (χ2n) is 7.93. The van der Waals surface area contributed by atoms with Gasteiger partial charge >= 0.3 is 5.97 Å². The van der Waals surface area contributed by atoms with E-state index in [1.165, 1.54) is 6.08 Å². The molecule has 0 amide bonds. The van der Waals surface area contributed by atoms with Gasteiger partial charge in [0, 0.05) is 11.5 Å². The molecule has 0 N–H and O–H groups in total. The van der Waals surface area contributed by atoms with Gasteiger partial charge in [-0.15, -0.1) is 0 Å². The molecular weight excluding hydrogens is 304 g/mol. The Morgan fingerprint density at radius 1 is 1.38 bits per heavy atom. The molecule has 4 nitrogen and oxygen atoms in total. The minimum Gasteiger partial charge on any atom is -0.459 e. The summed E-state index contributed by atoms with van der Waals surface area (Å²) >= 11 is 0. The standard InChI is InChI=1S/C20H26O4/c1-13(2)11-20(4)12-14(3)9-18(20)22-19(21)8-6-15-5-7-16-17(10-15)24-23-16/h5-8,10,13-14,18H,9,11-12H2,1-4H3/b8-6+. The zero-order valence-corrected chi connectivity index (χ0v) is 14.9. The van der Waals surface area contributed by atoms with Gasteiger partial charge in [0.15, 0.2) is 0 Å². The van der Waals surface area contributed by atoms with E-state index in [1.54, 1.807) is 6.08 Å². The Labute approximate surface area is 142 Å².